The number of carbonyl (C=O) groups excluding carboxylic acids is 2. The van der Waals surface area contributed by atoms with Crippen molar-refractivity contribution >= 4 is 24.1 Å². The molecule has 3 atom stereocenters. The van der Waals surface area contributed by atoms with Crippen LogP contribution in [0.3, 0.4) is 0 Å². The Bertz CT molecular complexity index is 1070. The zero-order valence-electron chi connectivity index (χ0n) is 22.7. The second-order valence-corrected chi connectivity index (χ2v) is 11.1. The van der Waals surface area contributed by atoms with E-state index in [0.717, 1.165) is 31.5 Å². The van der Waals surface area contributed by atoms with Crippen LogP contribution in [-0.4, -0.2) is 60.7 Å². The fourth-order valence-corrected chi connectivity index (χ4v) is 5.78. The first kappa shape index (κ1) is 30.3. The maximum absolute atomic E-state index is 14.3. The summed E-state index contributed by atoms with van der Waals surface area (Å²) in [5.41, 5.74) is 2.35. The van der Waals surface area contributed by atoms with Crippen LogP contribution in [0.25, 0.3) is 0 Å². The normalized spacial score (nSPS) is 19.7. The summed E-state index contributed by atoms with van der Waals surface area (Å²) in [6.07, 6.45) is 1.89. The van der Waals surface area contributed by atoms with Crippen LogP contribution in [0.1, 0.15) is 50.3 Å². The molecule has 1 aliphatic carbocycles. The summed E-state index contributed by atoms with van der Waals surface area (Å²) in [6, 6.07) is 17.5. The predicted molar refractivity (Wildman–Crippen MR) is 151 cm³/mol. The Morgan fingerprint density at radius 1 is 1.11 bits per heavy atom. The van der Waals surface area contributed by atoms with Gasteiger partial charge in [-0.1, -0.05) is 54.6 Å². The van der Waals surface area contributed by atoms with Crippen LogP contribution in [0.15, 0.2) is 54.6 Å². The van der Waals surface area contributed by atoms with Crippen LogP contribution in [0.5, 0.6) is 0 Å². The van der Waals surface area contributed by atoms with E-state index in [2.05, 4.69) is 34.1 Å². The summed E-state index contributed by atoms with van der Waals surface area (Å²) < 4.78 is 6.02. The van der Waals surface area contributed by atoms with Crippen LogP contribution in [-0.2, 0) is 32.8 Å². The summed E-state index contributed by atoms with van der Waals surface area (Å²) in [4.78, 5) is 27.6. The molecule has 0 radical (unpaired) electrons. The van der Waals surface area contributed by atoms with Gasteiger partial charge in [0.2, 0.25) is 5.91 Å². The van der Waals surface area contributed by atoms with E-state index in [1.54, 1.807) is 20.8 Å². The Morgan fingerprint density at radius 2 is 1.76 bits per heavy atom. The number of nitrogens with one attached hydrogen (secondary N) is 3. The van der Waals surface area contributed by atoms with Crippen molar-refractivity contribution in [2.75, 3.05) is 26.2 Å². The number of hydrogen-bond donors (Lipinski definition) is 4. The molecule has 2 aromatic carbocycles. The molecule has 1 heterocycles. The highest BCUT2D eigenvalue weighted by atomic mass is 35.5. The van der Waals surface area contributed by atoms with E-state index >= 15 is 0 Å². The van der Waals surface area contributed by atoms with Crippen molar-refractivity contribution in [3.05, 3.63) is 71.3 Å². The zero-order valence-corrected chi connectivity index (χ0v) is 23.5. The van der Waals surface area contributed by atoms with E-state index in [0.29, 0.717) is 13.0 Å². The molecule has 0 bridgehead atoms. The number of Topliss-reactive ketones (excluding diaryl/α,β-unsaturated/α-hetero) is 1. The molecule has 1 aliphatic heterocycles. The average Bonchev–Trinajstić information content (AvgIpc) is 3.21. The van der Waals surface area contributed by atoms with Gasteiger partial charge in [0.1, 0.15) is 6.04 Å². The largest absolute Gasteiger partial charge is 0.392 e. The first-order valence-electron chi connectivity index (χ1n) is 13.4. The number of amides is 1. The fraction of sp³-hybridized carbons (Fsp3) is 0.533. The molecule has 1 spiro atoms. The first-order valence-corrected chi connectivity index (χ1v) is 13.4. The molecule has 2 aliphatic rings. The quantitative estimate of drug-likeness (QED) is 0.348. The highest BCUT2D eigenvalue weighted by Crippen LogP contribution is 2.49. The molecule has 2 aromatic rings. The van der Waals surface area contributed by atoms with Gasteiger partial charge in [-0.3, -0.25) is 9.59 Å². The lowest BCUT2D eigenvalue weighted by Crippen LogP contribution is -2.60. The Morgan fingerprint density at radius 3 is 2.45 bits per heavy atom. The van der Waals surface area contributed by atoms with Gasteiger partial charge in [-0.15, -0.1) is 12.4 Å². The highest BCUT2D eigenvalue weighted by molar-refractivity contribution is 5.95. The van der Waals surface area contributed by atoms with Gasteiger partial charge in [-0.05, 0) is 69.8 Å². The van der Waals surface area contributed by atoms with Crippen molar-refractivity contribution in [3.63, 3.8) is 0 Å². The van der Waals surface area contributed by atoms with Crippen molar-refractivity contribution in [3.8, 4) is 0 Å². The number of piperidine rings is 1. The van der Waals surface area contributed by atoms with Gasteiger partial charge < -0.3 is 25.8 Å². The smallest absolute Gasteiger partial charge is 0.240 e. The fourth-order valence-electron chi connectivity index (χ4n) is 5.78. The molecule has 8 heteroatoms. The topological polar surface area (TPSA) is 99.7 Å². The van der Waals surface area contributed by atoms with E-state index in [4.69, 9.17) is 4.74 Å². The number of β-amino-alcohol motifs (C(OH)–C–C–N with tert-alkyl or cyclic N) is 1. The minimum Gasteiger partial charge on any atom is -0.392 e. The third kappa shape index (κ3) is 6.82. The number of aliphatic hydroxyl groups is 1. The number of rotatable bonds is 11. The minimum atomic E-state index is -0.958. The molecule has 0 saturated carbocycles. The third-order valence-electron chi connectivity index (χ3n) is 7.94. The lowest BCUT2D eigenvalue weighted by molar-refractivity contribution is -0.135. The number of hydrogen-bond acceptors (Lipinski definition) is 6. The Balaban J connectivity index is 0.00000400. The second-order valence-electron chi connectivity index (χ2n) is 11.1. The number of ether oxygens (including phenoxy) is 1. The minimum absolute atomic E-state index is 0. The number of fused-ring (bicyclic) bond motifs is 2. The number of aliphatic hydroxyl groups excluding tert-OH is 1. The van der Waals surface area contributed by atoms with Crippen LogP contribution >= 0.6 is 12.4 Å². The molecule has 38 heavy (non-hydrogen) atoms. The van der Waals surface area contributed by atoms with Crippen LogP contribution < -0.4 is 16.0 Å². The summed E-state index contributed by atoms with van der Waals surface area (Å²) in [7, 11) is 0. The standard InChI is InChI=1S/C30H41N3O4.ClH/c1-21(34)18-32-29(2,3)28(36)33-26(20-37-19-22-9-5-4-6-10-22)27(35)25-17-23-11-7-8-12-24(23)30(25)13-15-31-16-14-30;/h4-12,21,25-26,31-32,34H,13-20H2,1-3H3,(H,33,36);1H/t21-,25?,26-;/m1./s1. The molecule has 7 nitrogen and oxygen atoms in total. The monoisotopic (exact) mass is 543 g/mol. The van der Waals surface area contributed by atoms with Gasteiger partial charge in [0, 0.05) is 17.9 Å². The maximum atomic E-state index is 14.3. The van der Waals surface area contributed by atoms with Crippen molar-refractivity contribution in [1.29, 1.82) is 0 Å². The number of ketones is 1. The summed E-state index contributed by atoms with van der Waals surface area (Å²) >= 11 is 0. The first-order chi connectivity index (χ1) is 17.7. The Hall–Kier alpha value is -2.29. The molecule has 1 unspecified atom stereocenters. The predicted octanol–water partition coefficient (Wildman–Crippen LogP) is 2.92. The van der Waals surface area contributed by atoms with E-state index in [9.17, 15) is 14.7 Å². The van der Waals surface area contributed by atoms with Gasteiger partial charge in [-0.2, -0.15) is 0 Å². The molecule has 4 N–H and O–H groups in total. The van der Waals surface area contributed by atoms with Crippen LogP contribution in [0.4, 0.5) is 0 Å². The van der Waals surface area contributed by atoms with Gasteiger partial charge in [0.25, 0.3) is 0 Å². The Kier molecular flexibility index (Phi) is 10.5. The van der Waals surface area contributed by atoms with E-state index in [1.165, 1.54) is 11.1 Å². The maximum Gasteiger partial charge on any atom is 0.240 e. The summed E-state index contributed by atoms with van der Waals surface area (Å²) in [6.45, 7) is 7.68. The molecular formula is C30H42ClN3O4. The highest BCUT2D eigenvalue weighted by Gasteiger charge is 2.51. The number of benzene rings is 2. The lowest BCUT2D eigenvalue weighted by Gasteiger charge is -2.41. The van der Waals surface area contributed by atoms with E-state index < -0.39 is 17.7 Å². The molecule has 1 amide bonds. The number of carbonyl (C=O) groups is 2. The van der Waals surface area contributed by atoms with Crippen molar-refractivity contribution in [1.82, 2.24) is 16.0 Å². The second kappa shape index (κ2) is 13.2. The van der Waals surface area contributed by atoms with Crippen molar-refractivity contribution < 1.29 is 19.4 Å². The van der Waals surface area contributed by atoms with Crippen LogP contribution in [0, 0.1) is 5.92 Å². The molecule has 1 fully saturated rings. The summed E-state index contributed by atoms with van der Waals surface area (Å²) in [5, 5.41) is 19.3. The summed E-state index contributed by atoms with van der Waals surface area (Å²) in [5.74, 6) is -0.471. The molecule has 4 rings (SSSR count). The van der Waals surface area contributed by atoms with Gasteiger partial charge in [-0.25, -0.2) is 0 Å². The van der Waals surface area contributed by atoms with Gasteiger partial charge >= 0.3 is 0 Å². The SMILES string of the molecule is C[C@@H](O)CNC(C)(C)C(=O)N[C@H](COCc1ccccc1)C(=O)C1Cc2ccccc2C12CCNCC2.Cl. The van der Waals surface area contributed by atoms with E-state index in [1.807, 2.05) is 36.4 Å². The molecule has 208 valence electrons. The molecular weight excluding hydrogens is 502 g/mol. The zero-order chi connectivity index (χ0) is 26.5. The Labute approximate surface area is 232 Å². The van der Waals surface area contributed by atoms with E-state index in [-0.39, 0.29) is 48.6 Å². The van der Waals surface area contributed by atoms with Crippen molar-refractivity contribution in [2.24, 2.45) is 5.92 Å². The average molecular weight is 544 g/mol. The van der Waals surface area contributed by atoms with Gasteiger partial charge in [0.15, 0.2) is 5.78 Å². The van der Waals surface area contributed by atoms with Crippen LogP contribution in [0.2, 0.25) is 0 Å². The molecule has 0 aromatic heterocycles. The lowest BCUT2D eigenvalue weighted by atomic mass is 9.66. The van der Waals surface area contributed by atoms with Crippen molar-refractivity contribution in [2.45, 2.75) is 69.7 Å². The van der Waals surface area contributed by atoms with Gasteiger partial charge in [0.05, 0.1) is 24.9 Å². The molecule has 1 saturated heterocycles. The number of halogens is 1. The third-order valence-corrected chi connectivity index (χ3v) is 7.94.